The number of hydrogen-bond acceptors (Lipinski definition) is 6. The molecule has 3 rings (SSSR count). The predicted octanol–water partition coefficient (Wildman–Crippen LogP) is 2.98. The topological polar surface area (TPSA) is 51.1 Å². The number of halogens is 3. The fourth-order valence-electron chi connectivity index (χ4n) is 2.37. The number of aromatic nitrogens is 3. The summed E-state index contributed by atoms with van der Waals surface area (Å²) in [5.41, 5.74) is -0.473. The normalized spacial score (nSPS) is 16.1. The van der Waals surface area contributed by atoms with E-state index >= 15 is 0 Å². The van der Waals surface area contributed by atoms with Crippen molar-refractivity contribution in [2.45, 2.75) is 11.2 Å². The van der Waals surface area contributed by atoms with Crippen LogP contribution in [0.5, 0.6) is 0 Å². The van der Waals surface area contributed by atoms with Gasteiger partial charge in [0.05, 0.1) is 13.2 Å². The minimum Gasteiger partial charge on any atom is -0.379 e. The Kier molecular flexibility index (Phi) is 5.87. The molecule has 0 aliphatic carbocycles. The molecule has 1 fully saturated rings. The van der Waals surface area contributed by atoms with Crippen LogP contribution in [0, 0.1) is 0 Å². The van der Waals surface area contributed by atoms with Crippen LogP contribution in [0.15, 0.2) is 35.6 Å². The summed E-state index contributed by atoms with van der Waals surface area (Å²) in [4.78, 5) is 14.1. The van der Waals surface area contributed by atoms with Gasteiger partial charge in [-0.3, -0.25) is 9.88 Å². The molecule has 1 saturated heterocycles. The van der Waals surface area contributed by atoms with E-state index in [2.05, 4.69) is 19.9 Å². The molecule has 0 amide bonds. The highest BCUT2D eigenvalue weighted by atomic mass is 32.2. The third kappa shape index (κ3) is 5.13. The van der Waals surface area contributed by atoms with Crippen LogP contribution in [0.3, 0.4) is 0 Å². The van der Waals surface area contributed by atoms with Crippen molar-refractivity contribution in [3.63, 3.8) is 0 Å². The van der Waals surface area contributed by atoms with Crippen molar-refractivity contribution in [1.29, 1.82) is 0 Å². The first-order valence-electron chi connectivity index (χ1n) is 7.82. The Labute approximate surface area is 147 Å². The molecular weight excluding hydrogens is 353 g/mol. The second-order valence-corrected chi connectivity index (χ2v) is 6.57. The Morgan fingerprint density at radius 2 is 2.00 bits per heavy atom. The molecule has 0 spiro atoms. The summed E-state index contributed by atoms with van der Waals surface area (Å²) in [6.07, 6.45) is -1.51. The molecule has 25 heavy (non-hydrogen) atoms. The second kappa shape index (κ2) is 8.11. The van der Waals surface area contributed by atoms with E-state index in [-0.39, 0.29) is 5.82 Å². The summed E-state index contributed by atoms with van der Waals surface area (Å²) >= 11 is 1.30. The number of morpholine rings is 1. The van der Waals surface area contributed by atoms with Crippen LogP contribution < -0.4 is 0 Å². The number of thioether (sulfide) groups is 1. The summed E-state index contributed by atoms with van der Waals surface area (Å²) < 4.78 is 44.7. The zero-order chi connectivity index (χ0) is 17.7. The molecule has 2 aromatic rings. The first kappa shape index (κ1) is 18.1. The Morgan fingerprint density at radius 1 is 1.20 bits per heavy atom. The third-order valence-corrected chi connectivity index (χ3v) is 4.57. The molecule has 2 aromatic heterocycles. The van der Waals surface area contributed by atoms with E-state index in [0.717, 1.165) is 25.7 Å². The van der Waals surface area contributed by atoms with Crippen LogP contribution in [-0.4, -0.2) is 58.5 Å². The molecule has 134 valence electrons. The Hall–Kier alpha value is -1.71. The average molecular weight is 370 g/mol. The fourth-order valence-corrected chi connectivity index (χ4v) is 3.28. The van der Waals surface area contributed by atoms with Gasteiger partial charge in [0.25, 0.3) is 0 Å². The van der Waals surface area contributed by atoms with E-state index in [1.54, 1.807) is 18.3 Å². The van der Waals surface area contributed by atoms with Gasteiger partial charge in [-0.25, -0.2) is 9.97 Å². The van der Waals surface area contributed by atoms with E-state index in [1.807, 2.05) is 0 Å². The number of hydrogen-bond donors (Lipinski definition) is 0. The molecule has 0 aromatic carbocycles. The Bertz CT molecular complexity index is 694. The summed E-state index contributed by atoms with van der Waals surface area (Å²) in [7, 11) is 0. The van der Waals surface area contributed by atoms with Crippen molar-refractivity contribution in [2.24, 2.45) is 0 Å². The number of pyridine rings is 1. The maximum absolute atomic E-state index is 13.1. The van der Waals surface area contributed by atoms with Gasteiger partial charge >= 0.3 is 6.18 Å². The van der Waals surface area contributed by atoms with Gasteiger partial charge in [-0.15, -0.1) is 11.8 Å². The van der Waals surface area contributed by atoms with Crippen molar-refractivity contribution in [1.82, 2.24) is 19.9 Å². The van der Waals surface area contributed by atoms with Crippen LogP contribution in [0.2, 0.25) is 0 Å². The zero-order valence-electron chi connectivity index (χ0n) is 13.4. The van der Waals surface area contributed by atoms with E-state index in [1.165, 1.54) is 18.0 Å². The van der Waals surface area contributed by atoms with Crippen LogP contribution >= 0.6 is 11.8 Å². The van der Waals surface area contributed by atoms with Gasteiger partial charge in [-0.05, 0) is 12.1 Å². The number of alkyl halides is 3. The van der Waals surface area contributed by atoms with E-state index in [4.69, 9.17) is 4.74 Å². The standard InChI is InChI=1S/C16H17F3N4OS/c17-16(18,19)13-10-14(25-9-6-23-4-7-24-8-5-23)22-15(21-13)12-2-1-3-20-11-12/h1-3,10-11H,4-9H2. The lowest BCUT2D eigenvalue weighted by molar-refractivity contribution is -0.141. The molecule has 9 heteroatoms. The highest BCUT2D eigenvalue weighted by Gasteiger charge is 2.33. The summed E-state index contributed by atoms with van der Waals surface area (Å²) in [6, 6.07) is 4.29. The Balaban J connectivity index is 1.75. The SMILES string of the molecule is FC(F)(F)c1cc(SCCN2CCOCC2)nc(-c2cccnc2)n1. The second-order valence-electron chi connectivity index (χ2n) is 5.46. The molecule has 0 radical (unpaired) electrons. The molecule has 3 heterocycles. The minimum atomic E-state index is -4.51. The molecule has 0 unspecified atom stereocenters. The van der Waals surface area contributed by atoms with Crippen LogP contribution in [-0.2, 0) is 10.9 Å². The van der Waals surface area contributed by atoms with Crippen molar-refractivity contribution >= 4 is 11.8 Å². The van der Waals surface area contributed by atoms with Crippen LogP contribution in [0.1, 0.15) is 5.69 Å². The van der Waals surface area contributed by atoms with Gasteiger partial charge in [0.1, 0.15) is 10.7 Å². The minimum absolute atomic E-state index is 0.0387. The van der Waals surface area contributed by atoms with Gasteiger partial charge in [-0.2, -0.15) is 13.2 Å². The van der Waals surface area contributed by atoms with Crippen molar-refractivity contribution in [2.75, 3.05) is 38.6 Å². The number of ether oxygens (including phenoxy) is 1. The molecule has 1 aliphatic heterocycles. The summed E-state index contributed by atoms with van der Waals surface area (Å²) in [5.74, 6) is 0.692. The van der Waals surface area contributed by atoms with Crippen LogP contribution in [0.4, 0.5) is 13.2 Å². The molecule has 0 bridgehead atoms. The lowest BCUT2D eigenvalue weighted by Crippen LogP contribution is -2.37. The summed E-state index contributed by atoms with van der Waals surface area (Å²) in [5, 5.41) is 0.314. The van der Waals surface area contributed by atoms with Crippen molar-refractivity contribution in [3.8, 4) is 11.4 Å². The predicted molar refractivity (Wildman–Crippen MR) is 88.2 cm³/mol. The molecule has 0 N–H and O–H groups in total. The van der Waals surface area contributed by atoms with Gasteiger partial charge < -0.3 is 4.74 Å². The maximum atomic E-state index is 13.1. The van der Waals surface area contributed by atoms with E-state index in [9.17, 15) is 13.2 Å². The van der Waals surface area contributed by atoms with Gasteiger partial charge in [0, 0.05) is 49.4 Å². The largest absolute Gasteiger partial charge is 0.433 e. The first-order chi connectivity index (χ1) is 12.0. The van der Waals surface area contributed by atoms with E-state index in [0.29, 0.717) is 29.6 Å². The average Bonchev–Trinajstić information content (AvgIpc) is 2.62. The molecule has 0 saturated carbocycles. The van der Waals surface area contributed by atoms with Crippen LogP contribution in [0.25, 0.3) is 11.4 Å². The molecule has 1 aliphatic rings. The molecular formula is C16H17F3N4OS. The number of rotatable bonds is 5. The van der Waals surface area contributed by atoms with Crippen molar-refractivity contribution in [3.05, 3.63) is 36.3 Å². The first-order valence-corrected chi connectivity index (χ1v) is 8.80. The highest BCUT2D eigenvalue weighted by molar-refractivity contribution is 7.99. The van der Waals surface area contributed by atoms with Gasteiger partial charge in [-0.1, -0.05) is 0 Å². The van der Waals surface area contributed by atoms with Crippen molar-refractivity contribution < 1.29 is 17.9 Å². The zero-order valence-corrected chi connectivity index (χ0v) is 14.2. The third-order valence-electron chi connectivity index (χ3n) is 3.67. The highest BCUT2D eigenvalue weighted by Crippen LogP contribution is 2.31. The van der Waals surface area contributed by atoms with Gasteiger partial charge in [0.2, 0.25) is 0 Å². The Morgan fingerprint density at radius 3 is 2.68 bits per heavy atom. The monoisotopic (exact) mass is 370 g/mol. The van der Waals surface area contributed by atoms with Gasteiger partial charge in [0.15, 0.2) is 5.82 Å². The fraction of sp³-hybridized carbons (Fsp3) is 0.438. The lowest BCUT2D eigenvalue weighted by Gasteiger charge is -2.26. The number of nitrogens with zero attached hydrogens (tertiary/aromatic N) is 4. The lowest BCUT2D eigenvalue weighted by atomic mass is 10.2. The smallest absolute Gasteiger partial charge is 0.379 e. The quantitative estimate of drug-likeness (QED) is 0.596. The summed E-state index contributed by atoms with van der Waals surface area (Å²) in [6.45, 7) is 3.86. The maximum Gasteiger partial charge on any atom is 0.433 e. The molecule has 0 atom stereocenters. The van der Waals surface area contributed by atoms with E-state index < -0.39 is 11.9 Å². The molecule has 5 nitrogen and oxygen atoms in total.